The first-order valence-electron chi connectivity index (χ1n) is 7.92. The molecule has 0 saturated carbocycles. The van der Waals surface area contributed by atoms with Gasteiger partial charge in [-0.05, 0) is 62.9 Å². The van der Waals surface area contributed by atoms with Crippen LogP contribution in [-0.2, 0) is 4.84 Å². The summed E-state index contributed by atoms with van der Waals surface area (Å²) in [6, 6.07) is 4.84. The lowest BCUT2D eigenvalue weighted by Crippen LogP contribution is -2.25. The number of rotatable bonds is 4. The summed E-state index contributed by atoms with van der Waals surface area (Å²) in [6.07, 6.45) is 5.75. The summed E-state index contributed by atoms with van der Waals surface area (Å²) in [4.78, 5) is 9.33. The van der Waals surface area contributed by atoms with E-state index >= 15 is 0 Å². The molecule has 2 aromatic heterocycles. The Bertz CT molecular complexity index is 715. The second-order valence-electron chi connectivity index (χ2n) is 6.20. The number of fused-ring (bicyclic) bond motifs is 3. The van der Waals surface area contributed by atoms with Gasteiger partial charge in [-0.3, -0.25) is 0 Å². The quantitative estimate of drug-likeness (QED) is 0.545. The summed E-state index contributed by atoms with van der Waals surface area (Å²) in [6.45, 7) is 4.06. The highest BCUT2D eigenvalue weighted by Gasteiger charge is 2.28. The minimum atomic E-state index is 0.659. The molecule has 0 spiro atoms. The molecular weight excluding hydrogens is 294 g/mol. The molecule has 2 aliphatic rings. The third kappa shape index (κ3) is 2.20. The first kappa shape index (κ1) is 14.0. The van der Waals surface area contributed by atoms with E-state index in [-0.39, 0.29) is 0 Å². The minimum absolute atomic E-state index is 0.659. The molecule has 0 radical (unpaired) electrons. The molecular formula is C17H21N3OS. The van der Waals surface area contributed by atoms with Crippen LogP contribution in [0.5, 0.6) is 0 Å². The Morgan fingerprint density at radius 2 is 2.36 bits per heavy atom. The lowest BCUT2D eigenvalue weighted by atomic mass is 10.2. The van der Waals surface area contributed by atoms with Gasteiger partial charge in [0.2, 0.25) is 0 Å². The molecule has 116 valence electrons. The Hall–Kier alpha value is -1.59. The van der Waals surface area contributed by atoms with Crippen LogP contribution in [-0.4, -0.2) is 41.4 Å². The highest BCUT2D eigenvalue weighted by atomic mass is 32.1. The topological polar surface area (TPSA) is 29.8 Å². The zero-order valence-electron chi connectivity index (χ0n) is 13.1. The molecule has 2 aliphatic heterocycles. The number of nitrogens with zero attached hydrogens (tertiary/aromatic N) is 3. The molecule has 4 nitrogen and oxygen atoms in total. The van der Waals surface area contributed by atoms with Crippen molar-refractivity contribution in [2.75, 3.05) is 20.2 Å². The summed E-state index contributed by atoms with van der Waals surface area (Å²) in [5, 5.41) is 6.66. The van der Waals surface area contributed by atoms with Crippen molar-refractivity contribution in [3.8, 4) is 5.69 Å². The van der Waals surface area contributed by atoms with Crippen LogP contribution in [0.2, 0.25) is 0 Å². The van der Waals surface area contributed by atoms with E-state index in [1.165, 1.54) is 35.5 Å². The van der Waals surface area contributed by atoms with Gasteiger partial charge in [-0.1, -0.05) is 5.16 Å². The van der Waals surface area contributed by atoms with Gasteiger partial charge in [-0.2, -0.15) is 0 Å². The number of hydrogen-bond donors (Lipinski definition) is 0. The largest absolute Gasteiger partial charge is 0.395 e. The molecule has 1 saturated heterocycles. The maximum atomic E-state index is 5.67. The summed E-state index contributed by atoms with van der Waals surface area (Å²) in [5.41, 5.74) is 4.69. The number of likely N-dealkylation sites (tertiary alicyclic amines) is 1. The van der Waals surface area contributed by atoms with Crippen molar-refractivity contribution >= 4 is 17.0 Å². The number of oxime groups is 1. The number of hydrogen-bond acceptors (Lipinski definition) is 4. The van der Waals surface area contributed by atoms with E-state index < -0.39 is 0 Å². The number of aromatic nitrogens is 1. The third-order valence-electron chi connectivity index (χ3n) is 4.76. The molecule has 4 rings (SSSR count). The smallest absolute Gasteiger partial charge is 0.146 e. The van der Waals surface area contributed by atoms with E-state index in [0.29, 0.717) is 12.6 Å². The predicted octanol–water partition coefficient (Wildman–Crippen LogP) is 3.41. The first-order valence-corrected chi connectivity index (χ1v) is 8.80. The van der Waals surface area contributed by atoms with Crippen LogP contribution in [0.3, 0.4) is 0 Å². The van der Waals surface area contributed by atoms with E-state index in [9.17, 15) is 0 Å². The summed E-state index contributed by atoms with van der Waals surface area (Å²) < 4.78 is 2.22. The minimum Gasteiger partial charge on any atom is -0.395 e. The fourth-order valence-electron chi connectivity index (χ4n) is 3.52. The normalized spacial score (nSPS) is 22.3. The van der Waals surface area contributed by atoms with Crippen LogP contribution in [0, 0.1) is 6.92 Å². The van der Waals surface area contributed by atoms with Crippen LogP contribution >= 0.6 is 11.3 Å². The van der Waals surface area contributed by atoms with Crippen molar-refractivity contribution in [3.63, 3.8) is 0 Å². The molecule has 1 unspecified atom stereocenters. The van der Waals surface area contributed by atoms with Gasteiger partial charge in [0.1, 0.15) is 12.3 Å². The Kier molecular flexibility index (Phi) is 3.54. The van der Waals surface area contributed by atoms with Gasteiger partial charge in [0.25, 0.3) is 0 Å². The molecule has 2 aromatic rings. The average molecular weight is 315 g/mol. The van der Waals surface area contributed by atoms with Crippen LogP contribution in [0.1, 0.15) is 35.4 Å². The molecule has 1 atom stereocenters. The van der Waals surface area contributed by atoms with Gasteiger partial charge in [0.05, 0.1) is 16.3 Å². The Labute approximate surface area is 135 Å². The lowest BCUT2D eigenvalue weighted by molar-refractivity contribution is 0.121. The standard InChI is InChI=1S/C17H21N3OS/c1-12-11-22-17-15(14-6-4-9-20(14)16(12)17)18-21-10-7-13-5-3-8-19(13)2/h4,6,9,11,13H,3,5,7-8,10H2,1-2H3/b18-15-. The molecule has 0 bridgehead atoms. The van der Waals surface area contributed by atoms with E-state index in [0.717, 1.165) is 17.8 Å². The molecule has 0 N–H and O–H groups in total. The molecule has 22 heavy (non-hydrogen) atoms. The van der Waals surface area contributed by atoms with Crippen molar-refractivity contribution in [1.82, 2.24) is 9.47 Å². The fourth-order valence-corrected chi connectivity index (χ4v) is 4.55. The molecule has 0 amide bonds. The van der Waals surface area contributed by atoms with Gasteiger partial charge >= 0.3 is 0 Å². The third-order valence-corrected chi connectivity index (χ3v) is 5.85. The second-order valence-corrected chi connectivity index (χ2v) is 7.08. The van der Waals surface area contributed by atoms with Crippen molar-refractivity contribution in [2.24, 2.45) is 5.16 Å². The van der Waals surface area contributed by atoms with Crippen LogP contribution < -0.4 is 0 Å². The van der Waals surface area contributed by atoms with Gasteiger partial charge in [-0.15, -0.1) is 11.3 Å². The average Bonchev–Trinajstić information content (AvgIpc) is 3.22. The SMILES string of the molecule is Cc1csc2c1-n1cccc1/C2=N/OCCC1CCCN1C. The van der Waals surface area contributed by atoms with Crippen molar-refractivity contribution in [3.05, 3.63) is 39.8 Å². The van der Waals surface area contributed by atoms with E-state index in [4.69, 9.17) is 4.84 Å². The highest BCUT2D eigenvalue weighted by Crippen LogP contribution is 2.36. The molecule has 0 aromatic carbocycles. The second kappa shape index (κ2) is 5.56. The van der Waals surface area contributed by atoms with Crippen LogP contribution in [0.4, 0.5) is 0 Å². The summed E-state index contributed by atoms with van der Waals surface area (Å²) in [5.74, 6) is 0. The Morgan fingerprint density at radius 3 is 3.18 bits per heavy atom. The van der Waals surface area contributed by atoms with Crippen molar-refractivity contribution < 1.29 is 4.84 Å². The first-order chi connectivity index (χ1) is 10.8. The Balaban J connectivity index is 1.48. The van der Waals surface area contributed by atoms with Gasteiger partial charge in [0, 0.05) is 12.2 Å². The van der Waals surface area contributed by atoms with Gasteiger partial charge in [0.15, 0.2) is 0 Å². The number of thiophene rings is 1. The lowest BCUT2D eigenvalue weighted by Gasteiger charge is -2.18. The fraction of sp³-hybridized carbons (Fsp3) is 0.471. The van der Waals surface area contributed by atoms with E-state index in [1.54, 1.807) is 11.3 Å². The summed E-state index contributed by atoms with van der Waals surface area (Å²) >= 11 is 1.75. The van der Waals surface area contributed by atoms with Gasteiger partial charge < -0.3 is 14.3 Å². The summed E-state index contributed by atoms with van der Waals surface area (Å²) in [7, 11) is 2.20. The molecule has 0 aliphatic carbocycles. The number of aryl methyl sites for hydroxylation is 1. The van der Waals surface area contributed by atoms with Crippen molar-refractivity contribution in [1.29, 1.82) is 0 Å². The highest BCUT2D eigenvalue weighted by molar-refractivity contribution is 7.13. The zero-order chi connectivity index (χ0) is 15.1. The molecule has 4 heterocycles. The van der Waals surface area contributed by atoms with Crippen molar-refractivity contribution in [2.45, 2.75) is 32.2 Å². The molecule has 5 heteroatoms. The van der Waals surface area contributed by atoms with Gasteiger partial charge in [-0.25, -0.2) is 0 Å². The molecule has 1 fully saturated rings. The van der Waals surface area contributed by atoms with Crippen LogP contribution in [0.15, 0.2) is 28.9 Å². The maximum absolute atomic E-state index is 5.67. The van der Waals surface area contributed by atoms with E-state index in [2.05, 4.69) is 52.3 Å². The van der Waals surface area contributed by atoms with Crippen LogP contribution in [0.25, 0.3) is 5.69 Å². The Morgan fingerprint density at radius 1 is 1.45 bits per heavy atom. The predicted molar refractivity (Wildman–Crippen MR) is 90.2 cm³/mol. The van der Waals surface area contributed by atoms with E-state index in [1.807, 2.05) is 0 Å². The maximum Gasteiger partial charge on any atom is 0.146 e. The monoisotopic (exact) mass is 315 g/mol. The zero-order valence-corrected chi connectivity index (χ0v) is 13.9.